The molecule has 0 unspecified atom stereocenters. The lowest BCUT2D eigenvalue weighted by Gasteiger charge is -1.95. The Bertz CT molecular complexity index is 99.2. The molecule has 0 heterocycles. The lowest BCUT2D eigenvalue weighted by atomic mass is 10.1. The average Bonchev–Trinajstić information content (AvgIpc) is 2.21. The zero-order valence-electron chi connectivity index (χ0n) is 9.64. The highest BCUT2D eigenvalue weighted by Gasteiger charge is 1.86. The summed E-state index contributed by atoms with van der Waals surface area (Å²) in [5, 5.41) is 0. The smallest absolute Gasteiger partial charge is 0.0351 e. The van der Waals surface area contributed by atoms with Crippen LogP contribution in [0.1, 0.15) is 64.2 Å². The number of hydrogen-bond acceptors (Lipinski definition) is 0. The molecule has 0 amide bonds. The Morgan fingerprint density at radius 3 is 1.36 bits per heavy atom. The first kappa shape index (κ1) is 13.7. The zero-order chi connectivity index (χ0) is 10.5. The van der Waals surface area contributed by atoms with Gasteiger partial charge in [-0.25, -0.2) is 0 Å². The second-order valence-corrected chi connectivity index (χ2v) is 3.88. The molecule has 0 aliphatic heterocycles. The molecule has 0 N–H and O–H groups in total. The summed E-state index contributed by atoms with van der Waals surface area (Å²) in [6.07, 6.45) is 17.3. The Morgan fingerprint density at radius 1 is 0.571 bits per heavy atom. The topological polar surface area (TPSA) is 0 Å². The predicted molar refractivity (Wildman–Crippen MR) is 66.0 cm³/mol. The highest BCUT2D eigenvalue weighted by atomic mass is 13.9. The summed E-state index contributed by atoms with van der Waals surface area (Å²) in [7, 11) is 0. The highest BCUT2D eigenvalue weighted by Crippen LogP contribution is 2.05. The van der Waals surface area contributed by atoms with E-state index < -0.39 is 0 Å². The van der Waals surface area contributed by atoms with Gasteiger partial charge >= 0.3 is 0 Å². The van der Waals surface area contributed by atoms with Crippen molar-refractivity contribution in [2.45, 2.75) is 64.2 Å². The molecule has 82 valence electrons. The van der Waals surface area contributed by atoms with Crippen LogP contribution in [0.25, 0.3) is 0 Å². The molecule has 2 radical (unpaired) electrons. The van der Waals surface area contributed by atoms with Gasteiger partial charge in [-0.1, -0.05) is 64.5 Å². The van der Waals surface area contributed by atoms with Gasteiger partial charge in [0.05, 0.1) is 0 Å². The van der Waals surface area contributed by atoms with Crippen LogP contribution in [0.4, 0.5) is 0 Å². The van der Waals surface area contributed by atoms with Crippen LogP contribution in [0.15, 0.2) is 12.2 Å². The Balaban J connectivity index is 2.96. The van der Waals surface area contributed by atoms with E-state index in [0.29, 0.717) is 0 Å². The minimum absolute atomic E-state index is 1.09. The summed E-state index contributed by atoms with van der Waals surface area (Å²) in [6.45, 7) is 7.68. The lowest BCUT2D eigenvalue weighted by Crippen LogP contribution is -1.75. The second-order valence-electron chi connectivity index (χ2n) is 3.88. The summed E-state index contributed by atoms with van der Waals surface area (Å²) in [5.74, 6) is 0. The van der Waals surface area contributed by atoms with Crippen molar-refractivity contribution in [3.63, 3.8) is 0 Å². The number of allylic oxidation sites excluding steroid dienone is 2. The fourth-order valence-corrected chi connectivity index (χ4v) is 1.47. The summed E-state index contributed by atoms with van der Waals surface area (Å²) < 4.78 is 0. The first-order chi connectivity index (χ1) is 6.91. The molecule has 0 bridgehead atoms. The van der Waals surface area contributed by atoms with Crippen molar-refractivity contribution in [1.82, 2.24) is 0 Å². The summed E-state index contributed by atoms with van der Waals surface area (Å²) in [6, 6.07) is 0. The van der Waals surface area contributed by atoms with Crippen LogP contribution in [0.3, 0.4) is 0 Å². The van der Waals surface area contributed by atoms with E-state index in [1.807, 2.05) is 0 Å². The molecule has 0 nitrogen and oxygen atoms in total. The number of hydrogen-bond donors (Lipinski definition) is 0. The van der Waals surface area contributed by atoms with Crippen LogP contribution in [-0.4, -0.2) is 0 Å². The van der Waals surface area contributed by atoms with Crippen LogP contribution >= 0.6 is 0 Å². The Kier molecular flexibility index (Phi) is 12.5. The van der Waals surface area contributed by atoms with Crippen molar-refractivity contribution in [2.75, 3.05) is 0 Å². The van der Waals surface area contributed by atoms with E-state index in [1.54, 1.807) is 0 Å². The van der Waals surface area contributed by atoms with Crippen LogP contribution in [-0.2, 0) is 0 Å². The van der Waals surface area contributed by atoms with Crippen molar-refractivity contribution in [2.24, 2.45) is 0 Å². The Hall–Kier alpha value is -0.260. The van der Waals surface area contributed by atoms with Gasteiger partial charge in [0, 0.05) is 0 Å². The van der Waals surface area contributed by atoms with E-state index in [4.69, 9.17) is 0 Å². The van der Waals surface area contributed by atoms with Gasteiger partial charge in [0.15, 0.2) is 0 Å². The molecule has 0 heteroatoms. The quantitative estimate of drug-likeness (QED) is 0.335. The van der Waals surface area contributed by atoms with Crippen molar-refractivity contribution < 1.29 is 0 Å². The second kappa shape index (κ2) is 12.7. The van der Waals surface area contributed by atoms with Crippen molar-refractivity contribution >= 4 is 0 Å². The first-order valence-corrected chi connectivity index (χ1v) is 6.15. The van der Waals surface area contributed by atoms with Crippen molar-refractivity contribution in [3.8, 4) is 0 Å². The van der Waals surface area contributed by atoms with E-state index >= 15 is 0 Å². The molecule has 0 aromatic carbocycles. The maximum absolute atomic E-state index is 3.84. The molecule has 0 aromatic rings. The molecule has 14 heavy (non-hydrogen) atoms. The zero-order valence-corrected chi connectivity index (χ0v) is 9.64. The third-order valence-electron chi connectivity index (χ3n) is 2.41. The Morgan fingerprint density at radius 2 is 1.00 bits per heavy atom. The van der Waals surface area contributed by atoms with E-state index in [1.165, 1.54) is 51.4 Å². The van der Waals surface area contributed by atoms with Crippen LogP contribution in [0.2, 0.25) is 0 Å². The molecule has 0 rings (SSSR count). The highest BCUT2D eigenvalue weighted by molar-refractivity contribution is 4.81. The largest absolute Gasteiger partial charge is 0.0885 e. The van der Waals surface area contributed by atoms with Gasteiger partial charge in [-0.3, -0.25) is 0 Å². The maximum atomic E-state index is 3.84. The van der Waals surface area contributed by atoms with Crippen LogP contribution < -0.4 is 0 Å². The fourth-order valence-electron chi connectivity index (χ4n) is 1.47. The number of unbranched alkanes of at least 4 members (excludes halogenated alkanes) is 8. The molecular weight excluding hydrogens is 168 g/mol. The molecule has 0 atom stereocenters. The van der Waals surface area contributed by atoms with Gasteiger partial charge < -0.3 is 0 Å². The molecular formula is C14H26. The minimum Gasteiger partial charge on any atom is -0.0885 e. The normalized spacial score (nSPS) is 11.3. The molecule has 0 spiro atoms. The van der Waals surface area contributed by atoms with Crippen molar-refractivity contribution in [1.29, 1.82) is 0 Å². The van der Waals surface area contributed by atoms with Gasteiger partial charge in [-0.15, -0.1) is 0 Å². The van der Waals surface area contributed by atoms with E-state index in [9.17, 15) is 0 Å². The monoisotopic (exact) mass is 194 g/mol. The van der Waals surface area contributed by atoms with Crippen LogP contribution in [0, 0.1) is 13.8 Å². The van der Waals surface area contributed by atoms with E-state index in [-0.39, 0.29) is 0 Å². The van der Waals surface area contributed by atoms with Gasteiger partial charge in [-0.2, -0.15) is 0 Å². The fraction of sp³-hybridized carbons (Fsp3) is 0.714. The summed E-state index contributed by atoms with van der Waals surface area (Å²) >= 11 is 0. The van der Waals surface area contributed by atoms with E-state index in [2.05, 4.69) is 26.0 Å². The summed E-state index contributed by atoms with van der Waals surface area (Å²) in [4.78, 5) is 0. The van der Waals surface area contributed by atoms with Crippen molar-refractivity contribution in [3.05, 3.63) is 26.0 Å². The third-order valence-corrected chi connectivity index (χ3v) is 2.41. The Labute approximate surface area is 90.8 Å². The molecule has 0 aromatic heterocycles. The molecule has 0 aliphatic rings. The van der Waals surface area contributed by atoms with E-state index in [0.717, 1.165) is 12.8 Å². The van der Waals surface area contributed by atoms with Gasteiger partial charge in [0.1, 0.15) is 0 Å². The minimum atomic E-state index is 1.09. The molecule has 0 saturated carbocycles. The molecule has 0 aliphatic carbocycles. The third kappa shape index (κ3) is 11.7. The van der Waals surface area contributed by atoms with Gasteiger partial charge in [0.25, 0.3) is 0 Å². The lowest BCUT2D eigenvalue weighted by molar-refractivity contribution is 0.684. The summed E-state index contributed by atoms with van der Waals surface area (Å²) in [5.41, 5.74) is 0. The van der Waals surface area contributed by atoms with Crippen LogP contribution in [0.5, 0.6) is 0 Å². The SMILES string of the molecule is [CH2]CCCCC/C=C/CCCCC[CH2]. The maximum Gasteiger partial charge on any atom is -0.0351 e. The van der Waals surface area contributed by atoms with Gasteiger partial charge in [-0.05, 0) is 25.7 Å². The standard InChI is InChI=1S/C14H26/c1-3-5-7-9-11-13-14-12-10-8-6-4-2/h13-14H,1-12H2/b14-13+. The molecule has 0 saturated heterocycles. The van der Waals surface area contributed by atoms with Gasteiger partial charge in [0.2, 0.25) is 0 Å². The molecule has 0 fully saturated rings. The number of rotatable bonds is 10. The average molecular weight is 194 g/mol. The predicted octanol–water partition coefficient (Wildman–Crippen LogP) is 5.11. The first-order valence-electron chi connectivity index (χ1n) is 6.15.